The van der Waals surface area contributed by atoms with Crippen LogP contribution in [-0.4, -0.2) is 28.6 Å². The van der Waals surface area contributed by atoms with E-state index in [9.17, 15) is 9.18 Å². The molecule has 1 atom stereocenters. The quantitative estimate of drug-likeness (QED) is 0.905. The molecule has 1 aliphatic rings. The first-order valence-corrected chi connectivity index (χ1v) is 5.87. The molecule has 0 bridgehead atoms. The van der Waals surface area contributed by atoms with Crippen LogP contribution in [0.15, 0.2) is 18.2 Å². The molecule has 0 aromatic heterocycles. The summed E-state index contributed by atoms with van der Waals surface area (Å²) in [7, 11) is 0. The summed E-state index contributed by atoms with van der Waals surface area (Å²) in [6.07, 6.45) is 1.43. The molecule has 3 nitrogen and oxygen atoms in total. The van der Waals surface area contributed by atoms with Gasteiger partial charge < -0.3 is 5.11 Å². The Bertz CT molecular complexity index is 418. The Morgan fingerprint density at radius 3 is 3.00 bits per heavy atom. The topological polar surface area (TPSA) is 40.5 Å². The average molecular weight is 258 g/mol. The molecule has 1 saturated heterocycles. The summed E-state index contributed by atoms with van der Waals surface area (Å²) in [6.45, 7) is 0.921. The van der Waals surface area contributed by atoms with E-state index < -0.39 is 12.0 Å². The van der Waals surface area contributed by atoms with Gasteiger partial charge >= 0.3 is 5.97 Å². The number of carbonyl (C=O) groups is 1. The predicted octanol–water partition coefficient (Wildman–Crippen LogP) is 2.53. The molecule has 1 heterocycles. The van der Waals surface area contributed by atoms with Crippen molar-refractivity contribution in [1.82, 2.24) is 4.90 Å². The highest BCUT2D eigenvalue weighted by molar-refractivity contribution is 6.31. The van der Waals surface area contributed by atoms with E-state index in [2.05, 4.69) is 0 Å². The molecule has 1 N–H and O–H groups in total. The SMILES string of the molecule is O=C(O)[C@H]1CCCN1Cc1c(F)cccc1Cl. The highest BCUT2D eigenvalue weighted by atomic mass is 35.5. The third-order valence-corrected chi connectivity index (χ3v) is 3.43. The highest BCUT2D eigenvalue weighted by Gasteiger charge is 2.31. The number of rotatable bonds is 3. The van der Waals surface area contributed by atoms with Crippen molar-refractivity contribution in [2.45, 2.75) is 25.4 Å². The van der Waals surface area contributed by atoms with Crippen molar-refractivity contribution in [1.29, 1.82) is 0 Å². The minimum Gasteiger partial charge on any atom is -0.480 e. The smallest absolute Gasteiger partial charge is 0.320 e. The number of carboxylic acid groups (broad SMARTS) is 1. The highest BCUT2D eigenvalue weighted by Crippen LogP contribution is 2.25. The number of carboxylic acids is 1. The van der Waals surface area contributed by atoms with Crippen LogP contribution in [0.4, 0.5) is 4.39 Å². The minimum absolute atomic E-state index is 0.252. The zero-order chi connectivity index (χ0) is 12.4. The number of hydrogen-bond donors (Lipinski definition) is 1. The number of aliphatic carboxylic acids is 1. The zero-order valence-electron chi connectivity index (χ0n) is 9.20. The van der Waals surface area contributed by atoms with E-state index in [1.54, 1.807) is 17.0 Å². The van der Waals surface area contributed by atoms with Gasteiger partial charge in [0.05, 0.1) is 0 Å². The lowest BCUT2D eigenvalue weighted by molar-refractivity contribution is -0.142. The van der Waals surface area contributed by atoms with Crippen molar-refractivity contribution in [2.75, 3.05) is 6.54 Å². The van der Waals surface area contributed by atoms with Gasteiger partial charge in [-0.05, 0) is 31.5 Å². The fourth-order valence-corrected chi connectivity index (χ4v) is 2.40. The van der Waals surface area contributed by atoms with Gasteiger partial charge in [0.1, 0.15) is 11.9 Å². The molecule has 2 rings (SSSR count). The van der Waals surface area contributed by atoms with Gasteiger partial charge in [0.15, 0.2) is 0 Å². The van der Waals surface area contributed by atoms with Crippen molar-refractivity contribution < 1.29 is 14.3 Å². The molecule has 0 saturated carbocycles. The average Bonchev–Trinajstić information content (AvgIpc) is 2.72. The minimum atomic E-state index is -0.852. The molecule has 1 fully saturated rings. The Kier molecular flexibility index (Phi) is 3.64. The lowest BCUT2D eigenvalue weighted by atomic mass is 10.1. The summed E-state index contributed by atoms with van der Waals surface area (Å²) in [5.41, 5.74) is 0.377. The number of halogens is 2. The first-order valence-electron chi connectivity index (χ1n) is 5.49. The van der Waals surface area contributed by atoms with Gasteiger partial charge in [0.25, 0.3) is 0 Å². The second-order valence-electron chi connectivity index (χ2n) is 4.17. The molecule has 0 unspecified atom stereocenters. The molecule has 1 aliphatic heterocycles. The largest absolute Gasteiger partial charge is 0.480 e. The van der Waals surface area contributed by atoms with Crippen molar-refractivity contribution in [3.63, 3.8) is 0 Å². The van der Waals surface area contributed by atoms with Crippen LogP contribution in [-0.2, 0) is 11.3 Å². The summed E-state index contributed by atoms with van der Waals surface area (Å²) in [6, 6.07) is 3.98. The van der Waals surface area contributed by atoms with E-state index >= 15 is 0 Å². The third-order valence-electron chi connectivity index (χ3n) is 3.07. The fourth-order valence-electron chi connectivity index (χ4n) is 2.18. The predicted molar refractivity (Wildman–Crippen MR) is 62.5 cm³/mol. The van der Waals surface area contributed by atoms with Crippen LogP contribution < -0.4 is 0 Å². The number of benzene rings is 1. The first-order chi connectivity index (χ1) is 8.09. The van der Waals surface area contributed by atoms with Crippen molar-refractivity contribution in [2.24, 2.45) is 0 Å². The Balaban J connectivity index is 2.18. The Labute approximate surface area is 104 Å². The molecule has 0 amide bonds. The monoisotopic (exact) mass is 257 g/mol. The standard InChI is InChI=1S/C12H13ClFNO2/c13-9-3-1-4-10(14)8(9)7-15-6-2-5-11(15)12(16)17/h1,3-4,11H,2,5-7H2,(H,16,17)/t11-/m1/s1. The maximum atomic E-state index is 13.6. The molecular weight excluding hydrogens is 245 g/mol. The van der Waals surface area contributed by atoms with E-state index in [-0.39, 0.29) is 12.4 Å². The van der Waals surface area contributed by atoms with Gasteiger partial charge in [0.2, 0.25) is 0 Å². The van der Waals surface area contributed by atoms with E-state index in [4.69, 9.17) is 16.7 Å². The fraction of sp³-hybridized carbons (Fsp3) is 0.417. The molecule has 5 heteroatoms. The molecule has 1 aromatic carbocycles. The molecule has 0 radical (unpaired) electrons. The van der Waals surface area contributed by atoms with Crippen LogP contribution in [0.2, 0.25) is 5.02 Å². The van der Waals surface area contributed by atoms with E-state index in [0.29, 0.717) is 23.6 Å². The van der Waals surface area contributed by atoms with Crippen LogP contribution in [0, 0.1) is 5.82 Å². The van der Waals surface area contributed by atoms with E-state index in [1.807, 2.05) is 0 Å². The molecule has 92 valence electrons. The van der Waals surface area contributed by atoms with Gasteiger partial charge in [-0.3, -0.25) is 9.69 Å². The Hall–Kier alpha value is -1.13. The number of likely N-dealkylation sites (tertiary alicyclic amines) is 1. The number of nitrogens with zero attached hydrogens (tertiary/aromatic N) is 1. The maximum absolute atomic E-state index is 13.6. The summed E-state index contributed by atoms with van der Waals surface area (Å²) in [5.74, 6) is -1.23. The van der Waals surface area contributed by atoms with Crippen LogP contribution in [0.1, 0.15) is 18.4 Å². The van der Waals surface area contributed by atoms with Gasteiger partial charge in [-0.25, -0.2) is 4.39 Å². The lowest BCUT2D eigenvalue weighted by Crippen LogP contribution is -2.35. The summed E-state index contributed by atoms with van der Waals surface area (Å²) in [4.78, 5) is 12.8. The van der Waals surface area contributed by atoms with Crippen molar-refractivity contribution in [3.05, 3.63) is 34.6 Å². The second kappa shape index (κ2) is 5.02. The Morgan fingerprint density at radius 2 is 2.35 bits per heavy atom. The van der Waals surface area contributed by atoms with Crippen LogP contribution >= 0.6 is 11.6 Å². The van der Waals surface area contributed by atoms with Gasteiger partial charge in [-0.15, -0.1) is 0 Å². The van der Waals surface area contributed by atoms with E-state index in [1.165, 1.54) is 6.07 Å². The third kappa shape index (κ3) is 2.58. The molecule has 0 aliphatic carbocycles. The van der Waals surface area contributed by atoms with Gasteiger partial charge in [-0.1, -0.05) is 17.7 Å². The normalized spacial score (nSPS) is 20.7. The summed E-state index contributed by atoms with van der Waals surface area (Å²) < 4.78 is 13.6. The maximum Gasteiger partial charge on any atom is 0.320 e. The van der Waals surface area contributed by atoms with Crippen LogP contribution in [0.3, 0.4) is 0 Å². The van der Waals surface area contributed by atoms with Gasteiger partial charge in [0, 0.05) is 17.1 Å². The molecule has 0 spiro atoms. The molecule has 1 aromatic rings. The first kappa shape index (κ1) is 12.3. The van der Waals surface area contributed by atoms with Crippen molar-refractivity contribution in [3.8, 4) is 0 Å². The summed E-state index contributed by atoms with van der Waals surface area (Å²) >= 11 is 5.92. The lowest BCUT2D eigenvalue weighted by Gasteiger charge is -2.21. The zero-order valence-corrected chi connectivity index (χ0v) is 9.95. The molecule has 17 heavy (non-hydrogen) atoms. The second-order valence-corrected chi connectivity index (χ2v) is 4.57. The molecular formula is C12H13ClFNO2. The summed E-state index contributed by atoms with van der Waals surface area (Å²) in [5, 5.41) is 9.38. The Morgan fingerprint density at radius 1 is 1.59 bits per heavy atom. The van der Waals surface area contributed by atoms with Crippen LogP contribution in [0.5, 0.6) is 0 Å². The number of hydrogen-bond acceptors (Lipinski definition) is 2. The van der Waals surface area contributed by atoms with Crippen LogP contribution in [0.25, 0.3) is 0 Å². The van der Waals surface area contributed by atoms with Gasteiger partial charge in [-0.2, -0.15) is 0 Å². The van der Waals surface area contributed by atoms with E-state index in [0.717, 1.165) is 6.42 Å². The van der Waals surface area contributed by atoms with Crippen molar-refractivity contribution >= 4 is 17.6 Å².